The number of nitrogens with zero attached hydrogens (tertiary/aromatic N) is 1. The molecule has 0 unspecified atom stereocenters. The maximum absolute atomic E-state index is 12.2. The van der Waals surface area contributed by atoms with Crippen LogP contribution in [-0.4, -0.2) is 35.3 Å². The van der Waals surface area contributed by atoms with E-state index in [0.717, 1.165) is 0 Å². The van der Waals surface area contributed by atoms with E-state index in [2.05, 4.69) is 0 Å². The van der Waals surface area contributed by atoms with E-state index in [1.165, 1.54) is 4.90 Å². The summed E-state index contributed by atoms with van der Waals surface area (Å²) in [5.74, 6) is -1.30. The summed E-state index contributed by atoms with van der Waals surface area (Å²) in [6.45, 7) is 2.04. The van der Waals surface area contributed by atoms with E-state index in [-0.39, 0.29) is 29.7 Å². The van der Waals surface area contributed by atoms with Crippen molar-refractivity contribution in [2.45, 2.75) is 19.4 Å². The van der Waals surface area contributed by atoms with Crippen molar-refractivity contribution in [1.29, 1.82) is 0 Å². The third-order valence-electron chi connectivity index (χ3n) is 3.50. The minimum absolute atomic E-state index is 0.308. The summed E-state index contributed by atoms with van der Waals surface area (Å²) in [4.78, 5) is 37.1. The Morgan fingerprint density at radius 1 is 1.26 bits per heavy atom. The zero-order chi connectivity index (χ0) is 13.6. The molecule has 2 atom stereocenters. The topological polar surface area (TPSA) is 63.7 Å². The van der Waals surface area contributed by atoms with Crippen LogP contribution >= 0.6 is 0 Å². The number of hydrogen-bond donors (Lipinski definition) is 0. The molecule has 1 aliphatic heterocycles. The van der Waals surface area contributed by atoms with Crippen LogP contribution in [0.4, 0.5) is 0 Å². The van der Waals surface area contributed by atoms with Crippen LogP contribution in [0.3, 0.4) is 0 Å². The monoisotopic (exact) mass is 259 g/mol. The van der Waals surface area contributed by atoms with Gasteiger partial charge in [-0.25, -0.2) is 0 Å². The number of hydrogen-bond acceptors (Lipinski definition) is 4. The Morgan fingerprint density at radius 3 is 2.37 bits per heavy atom. The van der Waals surface area contributed by atoms with E-state index in [0.29, 0.717) is 24.2 Å². The standard InChI is InChI=1S/C14H13NO4/c1-2-19-14(18)10-7-11(10)15-12(16)8-5-3-4-6-9(8)13(15)17/h3-6,10-11H,2,7H2,1H3/t10-,11+/m0/s1. The van der Waals surface area contributed by atoms with Gasteiger partial charge in [-0.05, 0) is 25.5 Å². The van der Waals surface area contributed by atoms with Gasteiger partial charge in [0.15, 0.2) is 0 Å². The second-order valence-electron chi connectivity index (χ2n) is 4.69. The molecule has 1 heterocycles. The number of imide groups is 1. The first-order chi connectivity index (χ1) is 9.15. The number of fused-ring (bicyclic) bond motifs is 1. The molecule has 1 saturated carbocycles. The Morgan fingerprint density at radius 2 is 1.84 bits per heavy atom. The molecule has 0 saturated heterocycles. The Labute approximate surface area is 110 Å². The van der Waals surface area contributed by atoms with Crippen molar-refractivity contribution in [3.8, 4) is 0 Å². The van der Waals surface area contributed by atoms with Gasteiger partial charge >= 0.3 is 5.97 Å². The molecule has 0 aromatic heterocycles. The Hall–Kier alpha value is -2.17. The Kier molecular flexibility index (Phi) is 2.62. The highest BCUT2D eigenvalue weighted by Crippen LogP contribution is 2.40. The average Bonchev–Trinajstić information content (AvgIpc) is 3.15. The van der Waals surface area contributed by atoms with Crippen LogP contribution in [-0.2, 0) is 9.53 Å². The lowest BCUT2D eigenvalue weighted by molar-refractivity contribution is -0.144. The molecule has 5 heteroatoms. The molecule has 1 aromatic carbocycles. The SMILES string of the molecule is CCOC(=O)[C@H]1C[C@H]1N1C(=O)c2ccccc2C1=O. The largest absolute Gasteiger partial charge is 0.466 e. The third kappa shape index (κ3) is 1.73. The summed E-state index contributed by atoms with van der Waals surface area (Å²) in [5.41, 5.74) is 0.837. The molecule has 19 heavy (non-hydrogen) atoms. The zero-order valence-electron chi connectivity index (χ0n) is 10.5. The van der Waals surface area contributed by atoms with Gasteiger partial charge in [-0.2, -0.15) is 0 Å². The summed E-state index contributed by atoms with van der Waals surface area (Å²) < 4.78 is 4.92. The van der Waals surface area contributed by atoms with Gasteiger partial charge in [-0.1, -0.05) is 12.1 Å². The van der Waals surface area contributed by atoms with Crippen molar-refractivity contribution in [3.05, 3.63) is 35.4 Å². The molecular weight excluding hydrogens is 246 g/mol. The molecule has 1 fully saturated rings. The average molecular weight is 259 g/mol. The van der Waals surface area contributed by atoms with E-state index in [1.54, 1.807) is 31.2 Å². The predicted molar refractivity (Wildman–Crippen MR) is 65.5 cm³/mol. The molecular formula is C14H13NO4. The van der Waals surface area contributed by atoms with Crippen molar-refractivity contribution >= 4 is 17.8 Å². The second kappa shape index (κ2) is 4.19. The van der Waals surface area contributed by atoms with E-state index in [4.69, 9.17) is 4.74 Å². The van der Waals surface area contributed by atoms with Gasteiger partial charge in [-0.15, -0.1) is 0 Å². The lowest BCUT2D eigenvalue weighted by Crippen LogP contribution is -2.34. The lowest BCUT2D eigenvalue weighted by atomic mass is 10.1. The number of rotatable bonds is 3. The molecule has 98 valence electrons. The first kappa shape index (κ1) is 11.9. The van der Waals surface area contributed by atoms with Gasteiger partial charge < -0.3 is 4.74 Å². The Bertz CT molecular complexity index is 546. The van der Waals surface area contributed by atoms with Crippen LogP contribution in [0.2, 0.25) is 0 Å². The molecule has 3 rings (SSSR count). The van der Waals surface area contributed by atoms with Crippen molar-refractivity contribution in [1.82, 2.24) is 4.90 Å². The highest BCUT2D eigenvalue weighted by atomic mass is 16.5. The van der Waals surface area contributed by atoms with Crippen LogP contribution in [0, 0.1) is 5.92 Å². The first-order valence-corrected chi connectivity index (χ1v) is 6.28. The highest BCUT2D eigenvalue weighted by molar-refractivity contribution is 6.22. The van der Waals surface area contributed by atoms with Gasteiger partial charge in [0.25, 0.3) is 11.8 Å². The van der Waals surface area contributed by atoms with Crippen molar-refractivity contribution in [2.24, 2.45) is 5.92 Å². The van der Waals surface area contributed by atoms with Gasteiger partial charge in [-0.3, -0.25) is 19.3 Å². The molecule has 0 bridgehead atoms. The third-order valence-corrected chi connectivity index (χ3v) is 3.50. The molecule has 5 nitrogen and oxygen atoms in total. The van der Waals surface area contributed by atoms with Gasteiger partial charge in [0.2, 0.25) is 0 Å². The summed E-state index contributed by atoms with van der Waals surface area (Å²) in [7, 11) is 0. The molecule has 2 amide bonds. The predicted octanol–water partition coefficient (Wildman–Crippen LogP) is 1.23. The summed E-state index contributed by atoms with van der Waals surface area (Å²) in [5, 5.41) is 0. The fourth-order valence-corrected chi connectivity index (χ4v) is 2.48. The molecule has 2 aliphatic rings. The van der Waals surface area contributed by atoms with Gasteiger partial charge in [0.1, 0.15) is 0 Å². The van der Waals surface area contributed by atoms with E-state index < -0.39 is 0 Å². The first-order valence-electron chi connectivity index (χ1n) is 6.28. The summed E-state index contributed by atoms with van der Waals surface area (Å²) in [6.07, 6.45) is 0.504. The summed E-state index contributed by atoms with van der Waals surface area (Å²) in [6, 6.07) is 6.38. The van der Waals surface area contributed by atoms with Gasteiger partial charge in [0, 0.05) is 0 Å². The smallest absolute Gasteiger partial charge is 0.311 e. The quantitative estimate of drug-likeness (QED) is 0.605. The minimum atomic E-state index is -0.359. The second-order valence-corrected chi connectivity index (χ2v) is 4.69. The van der Waals surface area contributed by atoms with Crippen molar-refractivity contribution < 1.29 is 19.1 Å². The van der Waals surface area contributed by atoms with Crippen LogP contribution in [0.5, 0.6) is 0 Å². The molecule has 0 radical (unpaired) electrons. The maximum Gasteiger partial charge on any atom is 0.311 e. The molecule has 0 N–H and O–H groups in total. The van der Waals surface area contributed by atoms with Crippen LogP contribution in [0.1, 0.15) is 34.1 Å². The Balaban J connectivity index is 1.81. The van der Waals surface area contributed by atoms with E-state index >= 15 is 0 Å². The molecule has 1 aliphatic carbocycles. The molecule has 1 aromatic rings. The van der Waals surface area contributed by atoms with E-state index in [1.807, 2.05) is 0 Å². The fraction of sp³-hybridized carbons (Fsp3) is 0.357. The number of ether oxygens (including phenoxy) is 1. The van der Waals surface area contributed by atoms with Crippen LogP contribution in [0.15, 0.2) is 24.3 Å². The number of carbonyl (C=O) groups is 3. The number of benzene rings is 1. The number of amides is 2. The number of esters is 1. The molecule has 0 spiro atoms. The lowest BCUT2D eigenvalue weighted by Gasteiger charge is -2.13. The minimum Gasteiger partial charge on any atom is -0.466 e. The highest BCUT2D eigenvalue weighted by Gasteiger charge is 2.54. The van der Waals surface area contributed by atoms with Crippen molar-refractivity contribution in [3.63, 3.8) is 0 Å². The van der Waals surface area contributed by atoms with E-state index in [9.17, 15) is 14.4 Å². The van der Waals surface area contributed by atoms with Gasteiger partial charge in [0.05, 0.1) is 29.7 Å². The zero-order valence-corrected chi connectivity index (χ0v) is 10.5. The number of carbonyl (C=O) groups excluding carboxylic acids is 3. The van der Waals surface area contributed by atoms with Crippen LogP contribution < -0.4 is 0 Å². The normalized spacial score (nSPS) is 24.4. The van der Waals surface area contributed by atoms with Crippen molar-refractivity contribution in [2.75, 3.05) is 6.61 Å². The summed E-state index contributed by atoms with van der Waals surface area (Å²) >= 11 is 0. The van der Waals surface area contributed by atoms with Crippen LogP contribution in [0.25, 0.3) is 0 Å². The fourth-order valence-electron chi connectivity index (χ4n) is 2.48. The maximum atomic E-state index is 12.2.